The zero-order valence-corrected chi connectivity index (χ0v) is 14.0. The summed E-state index contributed by atoms with van der Waals surface area (Å²) in [7, 11) is 0. The Hall–Kier alpha value is -3.01. The lowest BCUT2D eigenvalue weighted by atomic mass is 10.1. The van der Waals surface area contributed by atoms with E-state index < -0.39 is 11.6 Å². The number of nitrogens with one attached hydrogen (secondary N) is 1. The predicted octanol–water partition coefficient (Wildman–Crippen LogP) is 1.74. The predicted molar refractivity (Wildman–Crippen MR) is 87.7 cm³/mol. The molecule has 0 radical (unpaired) electrons. The van der Waals surface area contributed by atoms with Crippen LogP contribution in [0.2, 0.25) is 0 Å². The van der Waals surface area contributed by atoms with Crippen LogP contribution in [-0.2, 0) is 4.74 Å². The number of hydrogen-bond acceptors (Lipinski definition) is 8. The summed E-state index contributed by atoms with van der Waals surface area (Å²) in [6.07, 6.45) is 0.342. The third-order valence-electron chi connectivity index (χ3n) is 4.21. The molecule has 2 aromatic heterocycles. The molecule has 1 aliphatic heterocycles. The number of carbonyl (C=O) groups is 1. The molecule has 1 saturated heterocycles. The number of ether oxygens (including phenoxy) is 1. The van der Waals surface area contributed by atoms with Gasteiger partial charge in [0.15, 0.2) is 17.8 Å². The Kier molecular flexibility index (Phi) is 3.83. The molecule has 0 amide bonds. The highest BCUT2D eigenvalue weighted by Gasteiger charge is 2.30. The van der Waals surface area contributed by atoms with E-state index in [0.717, 1.165) is 0 Å². The van der Waals surface area contributed by atoms with Crippen LogP contribution >= 0.6 is 0 Å². The van der Waals surface area contributed by atoms with Crippen molar-refractivity contribution in [3.05, 3.63) is 28.0 Å². The summed E-state index contributed by atoms with van der Waals surface area (Å²) in [4.78, 5) is 24.5. The van der Waals surface area contributed by atoms with Gasteiger partial charge in [-0.25, -0.2) is 14.3 Å². The lowest BCUT2D eigenvalue weighted by molar-refractivity contribution is -0.00543. The first-order chi connectivity index (χ1) is 12.5. The first-order valence-corrected chi connectivity index (χ1v) is 8.01. The minimum absolute atomic E-state index is 0.0376. The molecule has 2 atom stereocenters. The van der Waals surface area contributed by atoms with Gasteiger partial charge in [0.1, 0.15) is 0 Å². The van der Waals surface area contributed by atoms with E-state index in [1.807, 2.05) is 13.8 Å². The van der Waals surface area contributed by atoms with E-state index in [0.29, 0.717) is 19.4 Å². The quantitative estimate of drug-likeness (QED) is 0.701. The standard InChI is InChI=1S/C16H15FN4O5/c1-7-4-21(5-8(2)24-7)13-9(6-22)3-10-12(15-18-19-16(23)25-15)20-26-14(10)11(13)17/h3,6-8H,4-5H2,1-2H3,(H,19,23)/t7-,8+. The van der Waals surface area contributed by atoms with Gasteiger partial charge in [0.2, 0.25) is 5.58 Å². The van der Waals surface area contributed by atoms with Gasteiger partial charge < -0.3 is 18.6 Å². The van der Waals surface area contributed by atoms with Crippen molar-refractivity contribution in [2.24, 2.45) is 0 Å². The lowest BCUT2D eigenvalue weighted by Gasteiger charge is -2.37. The number of fused-ring (bicyclic) bond motifs is 1. The second kappa shape index (κ2) is 6.06. The largest absolute Gasteiger partial charge is 0.434 e. The van der Waals surface area contributed by atoms with Crippen molar-refractivity contribution < 1.29 is 22.9 Å². The number of rotatable bonds is 3. The number of halogens is 1. The molecule has 3 heterocycles. The monoisotopic (exact) mass is 362 g/mol. The number of carbonyl (C=O) groups excluding carboxylic acids is 1. The molecule has 9 nitrogen and oxygen atoms in total. The van der Waals surface area contributed by atoms with Crippen LogP contribution in [0.1, 0.15) is 24.2 Å². The van der Waals surface area contributed by atoms with Crippen LogP contribution < -0.4 is 10.7 Å². The second-order valence-electron chi connectivity index (χ2n) is 6.23. The Morgan fingerprint density at radius 2 is 2.08 bits per heavy atom. The zero-order valence-electron chi connectivity index (χ0n) is 14.0. The fourth-order valence-electron chi connectivity index (χ4n) is 3.30. The van der Waals surface area contributed by atoms with E-state index >= 15 is 4.39 Å². The maximum Gasteiger partial charge on any atom is 0.434 e. The third-order valence-corrected chi connectivity index (χ3v) is 4.21. The highest BCUT2D eigenvalue weighted by atomic mass is 19.1. The first-order valence-electron chi connectivity index (χ1n) is 8.01. The van der Waals surface area contributed by atoms with Gasteiger partial charge in [-0.3, -0.25) is 4.79 Å². The first kappa shape index (κ1) is 16.5. The van der Waals surface area contributed by atoms with Crippen molar-refractivity contribution in [1.82, 2.24) is 15.4 Å². The smallest absolute Gasteiger partial charge is 0.386 e. The molecule has 1 aliphatic rings. The van der Waals surface area contributed by atoms with Gasteiger partial charge in [-0.2, -0.15) is 0 Å². The van der Waals surface area contributed by atoms with Crippen LogP contribution in [-0.4, -0.2) is 46.9 Å². The van der Waals surface area contributed by atoms with Gasteiger partial charge >= 0.3 is 5.76 Å². The number of morpholine rings is 1. The molecular weight excluding hydrogens is 347 g/mol. The average molecular weight is 362 g/mol. The van der Waals surface area contributed by atoms with Crippen molar-refractivity contribution in [2.45, 2.75) is 26.1 Å². The minimum atomic E-state index is -0.778. The van der Waals surface area contributed by atoms with Crippen LogP contribution in [0.15, 0.2) is 19.8 Å². The molecule has 136 valence electrons. The van der Waals surface area contributed by atoms with E-state index in [4.69, 9.17) is 13.7 Å². The van der Waals surface area contributed by atoms with E-state index in [1.54, 1.807) is 4.90 Å². The number of aromatic nitrogens is 3. The Labute approximate surface area is 145 Å². The summed E-state index contributed by atoms with van der Waals surface area (Å²) < 4.78 is 30.8. The van der Waals surface area contributed by atoms with E-state index in [1.165, 1.54) is 6.07 Å². The van der Waals surface area contributed by atoms with Crippen LogP contribution in [0.4, 0.5) is 10.1 Å². The van der Waals surface area contributed by atoms with Crippen molar-refractivity contribution in [3.8, 4) is 11.6 Å². The summed E-state index contributed by atoms with van der Waals surface area (Å²) >= 11 is 0. The van der Waals surface area contributed by atoms with Gasteiger partial charge in [0.25, 0.3) is 5.89 Å². The highest BCUT2D eigenvalue weighted by Crippen LogP contribution is 2.36. The van der Waals surface area contributed by atoms with Crippen molar-refractivity contribution >= 4 is 22.9 Å². The summed E-state index contributed by atoms with van der Waals surface area (Å²) in [6, 6.07) is 1.45. The van der Waals surface area contributed by atoms with Crippen molar-refractivity contribution in [1.29, 1.82) is 0 Å². The summed E-state index contributed by atoms with van der Waals surface area (Å²) in [5.74, 6) is -1.63. The number of anilines is 1. The molecule has 10 heteroatoms. The van der Waals surface area contributed by atoms with Crippen LogP contribution in [0, 0.1) is 5.82 Å². The van der Waals surface area contributed by atoms with Gasteiger partial charge in [0, 0.05) is 18.7 Å². The number of benzene rings is 1. The normalized spacial score (nSPS) is 20.7. The summed E-state index contributed by atoms with van der Waals surface area (Å²) in [5.41, 5.74) is 0.174. The Morgan fingerprint density at radius 3 is 2.69 bits per heavy atom. The van der Waals surface area contributed by atoms with Gasteiger partial charge in [-0.1, -0.05) is 5.16 Å². The fraction of sp³-hybridized carbons (Fsp3) is 0.375. The molecule has 0 saturated carbocycles. The van der Waals surface area contributed by atoms with Gasteiger partial charge in [0.05, 0.1) is 23.3 Å². The van der Waals surface area contributed by atoms with Crippen LogP contribution in [0.25, 0.3) is 22.6 Å². The maximum absolute atomic E-state index is 15.2. The molecule has 1 fully saturated rings. The molecule has 0 unspecified atom stereocenters. The second-order valence-corrected chi connectivity index (χ2v) is 6.23. The minimum Gasteiger partial charge on any atom is -0.386 e. The third kappa shape index (κ3) is 2.58. The summed E-state index contributed by atoms with van der Waals surface area (Å²) in [6.45, 7) is 4.63. The van der Waals surface area contributed by atoms with E-state index in [2.05, 4.69) is 15.4 Å². The number of aromatic amines is 1. The highest BCUT2D eigenvalue weighted by molar-refractivity contribution is 5.99. The van der Waals surface area contributed by atoms with E-state index in [-0.39, 0.29) is 46.0 Å². The average Bonchev–Trinajstić information content (AvgIpc) is 3.19. The Bertz CT molecular complexity index is 1030. The lowest BCUT2D eigenvalue weighted by Crippen LogP contribution is -2.46. The molecule has 0 aliphatic carbocycles. The number of aldehydes is 1. The molecule has 1 N–H and O–H groups in total. The zero-order chi connectivity index (χ0) is 18.4. The molecule has 0 spiro atoms. The molecule has 26 heavy (non-hydrogen) atoms. The van der Waals surface area contributed by atoms with Crippen molar-refractivity contribution in [3.63, 3.8) is 0 Å². The number of H-pyrrole nitrogens is 1. The number of hydrogen-bond donors (Lipinski definition) is 1. The Balaban J connectivity index is 1.89. The Morgan fingerprint density at radius 1 is 1.35 bits per heavy atom. The molecular formula is C16H15FN4O5. The van der Waals surface area contributed by atoms with Crippen molar-refractivity contribution in [2.75, 3.05) is 18.0 Å². The fourth-order valence-corrected chi connectivity index (χ4v) is 3.30. The van der Waals surface area contributed by atoms with Gasteiger partial charge in [-0.05, 0) is 19.9 Å². The molecule has 4 rings (SSSR count). The molecule has 0 bridgehead atoms. The topological polar surface area (TPSA) is 114 Å². The summed E-state index contributed by atoms with van der Waals surface area (Å²) in [5, 5.41) is 9.69. The van der Waals surface area contributed by atoms with Crippen LogP contribution in [0.3, 0.4) is 0 Å². The van der Waals surface area contributed by atoms with E-state index in [9.17, 15) is 9.59 Å². The molecule has 3 aromatic rings. The van der Waals surface area contributed by atoms with Gasteiger partial charge in [-0.15, -0.1) is 5.10 Å². The SMILES string of the molecule is C[C@@H]1CN(c2c(C=O)cc3c(-c4n[nH]c(=O)o4)noc3c2F)C[C@H](C)O1. The molecule has 1 aromatic carbocycles. The van der Waals surface area contributed by atoms with Crippen LogP contribution in [0.5, 0.6) is 0 Å². The maximum atomic E-state index is 15.2. The number of nitrogens with zero attached hydrogens (tertiary/aromatic N) is 3.